The average molecular weight is 417 g/mol. The summed E-state index contributed by atoms with van der Waals surface area (Å²) in [6.45, 7) is 2.61. The van der Waals surface area contributed by atoms with E-state index in [-0.39, 0.29) is 17.7 Å². The van der Waals surface area contributed by atoms with Gasteiger partial charge in [0.15, 0.2) is 5.78 Å². The molecule has 5 rings (SSSR count). The van der Waals surface area contributed by atoms with Crippen LogP contribution in [0.4, 0.5) is 11.4 Å². The summed E-state index contributed by atoms with van der Waals surface area (Å²) >= 11 is 1.73. The molecule has 1 aromatic heterocycles. The Bertz CT molecular complexity index is 1090. The topological polar surface area (TPSA) is 50.4 Å². The van der Waals surface area contributed by atoms with E-state index in [4.69, 9.17) is 4.74 Å². The molecule has 0 amide bonds. The minimum absolute atomic E-state index is 0.191. The van der Waals surface area contributed by atoms with Crippen molar-refractivity contribution in [2.75, 3.05) is 17.2 Å². The molecular weight excluding hydrogens is 392 g/mol. The van der Waals surface area contributed by atoms with Crippen LogP contribution in [-0.4, -0.2) is 12.4 Å². The van der Waals surface area contributed by atoms with Crippen molar-refractivity contribution in [2.45, 2.75) is 31.7 Å². The van der Waals surface area contributed by atoms with Crippen LogP contribution in [0, 0.1) is 0 Å². The highest BCUT2D eigenvalue weighted by Crippen LogP contribution is 2.44. The van der Waals surface area contributed by atoms with Crippen LogP contribution in [0.15, 0.2) is 77.3 Å². The smallest absolute Gasteiger partial charge is 0.163 e. The number of thiophene rings is 1. The molecule has 2 atom stereocenters. The number of allylic oxidation sites excluding steroid dienone is 1. The number of para-hydroxylation sites is 2. The average Bonchev–Trinajstić information content (AvgIpc) is 3.24. The molecule has 0 fully saturated rings. The number of hydrogen-bond donors (Lipinski definition) is 2. The minimum Gasteiger partial charge on any atom is -0.494 e. The lowest BCUT2D eigenvalue weighted by molar-refractivity contribution is -0.116. The minimum atomic E-state index is -0.191. The molecule has 2 aliphatic rings. The van der Waals surface area contributed by atoms with Crippen molar-refractivity contribution >= 4 is 28.5 Å². The second-order valence-corrected chi connectivity index (χ2v) is 8.67. The van der Waals surface area contributed by atoms with Crippen LogP contribution in [0.5, 0.6) is 5.75 Å². The number of ether oxygens (including phenoxy) is 1. The molecule has 2 N–H and O–H groups in total. The van der Waals surface area contributed by atoms with Gasteiger partial charge in [-0.15, -0.1) is 11.3 Å². The highest BCUT2D eigenvalue weighted by atomic mass is 32.1. The van der Waals surface area contributed by atoms with E-state index in [2.05, 4.69) is 52.4 Å². The number of hydrogen-bond acceptors (Lipinski definition) is 5. The maximum Gasteiger partial charge on any atom is 0.163 e. The summed E-state index contributed by atoms with van der Waals surface area (Å²) in [6.07, 6.45) is 1.39. The van der Waals surface area contributed by atoms with Gasteiger partial charge in [-0.2, -0.15) is 0 Å². The molecule has 1 aliphatic carbocycles. The maximum atomic E-state index is 13.4. The summed E-state index contributed by atoms with van der Waals surface area (Å²) < 4.78 is 5.60. The zero-order chi connectivity index (χ0) is 20.5. The van der Waals surface area contributed by atoms with E-state index in [1.807, 2.05) is 31.2 Å². The second-order valence-electron chi connectivity index (χ2n) is 7.69. The van der Waals surface area contributed by atoms with Gasteiger partial charge in [0.25, 0.3) is 0 Å². The molecule has 0 saturated heterocycles. The highest BCUT2D eigenvalue weighted by Gasteiger charge is 2.36. The van der Waals surface area contributed by atoms with E-state index < -0.39 is 0 Å². The summed E-state index contributed by atoms with van der Waals surface area (Å²) in [7, 11) is 0. The zero-order valence-corrected chi connectivity index (χ0v) is 17.7. The molecule has 1 aliphatic heterocycles. The largest absolute Gasteiger partial charge is 0.494 e. The first-order chi connectivity index (χ1) is 14.7. The maximum absolute atomic E-state index is 13.4. The molecule has 30 heavy (non-hydrogen) atoms. The quantitative estimate of drug-likeness (QED) is 0.537. The molecule has 0 spiro atoms. The van der Waals surface area contributed by atoms with Crippen LogP contribution in [0.3, 0.4) is 0 Å². The van der Waals surface area contributed by atoms with Crippen molar-refractivity contribution in [1.29, 1.82) is 0 Å². The number of fused-ring (bicyclic) bond motifs is 1. The Morgan fingerprint density at radius 1 is 1.00 bits per heavy atom. The van der Waals surface area contributed by atoms with E-state index >= 15 is 0 Å². The normalized spacial score (nSPS) is 20.5. The highest BCUT2D eigenvalue weighted by molar-refractivity contribution is 7.10. The van der Waals surface area contributed by atoms with Crippen LogP contribution in [0.25, 0.3) is 0 Å². The Hall–Kier alpha value is -3.05. The number of benzene rings is 2. The Kier molecular flexibility index (Phi) is 5.05. The monoisotopic (exact) mass is 416 g/mol. The molecule has 152 valence electrons. The lowest BCUT2D eigenvalue weighted by Gasteiger charge is -2.29. The van der Waals surface area contributed by atoms with Crippen LogP contribution in [-0.2, 0) is 4.79 Å². The Labute approximate surface area is 180 Å². The molecule has 0 saturated carbocycles. The van der Waals surface area contributed by atoms with Crippen LogP contribution < -0.4 is 15.4 Å². The Morgan fingerprint density at radius 3 is 2.53 bits per heavy atom. The predicted octanol–water partition coefficient (Wildman–Crippen LogP) is 6.13. The number of rotatable bonds is 4. The summed E-state index contributed by atoms with van der Waals surface area (Å²) in [6, 6.07) is 20.2. The van der Waals surface area contributed by atoms with Gasteiger partial charge in [0.2, 0.25) is 0 Å². The molecule has 4 nitrogen and oxygen atoms in total. The van der Waals surface area contributed by atoms with Gasteiger partial charge in [-0.05, 0) is 54.6 Å². The van der Waals surface area contributed by atoms with E-state index in [0.717, 1.165) is 40.4 Å². The fourth-order valence-corrected chi connectivity index (χ4v) is 5.22. The van der Waals surface area contributed by atoms with Gasteiger partial charge in [0, 0.05) is 28.5 Å². The first-order valence-corrected chi connectivity index (χ1v) is 11.3. The van der Waals surface area contributed by atoms with Crippen molar-refractivity contribution in [2.24, 2.45) is 0 Å². The number of Topliss-reactive ketones (excluding diaryl/α,β-unsaturated/α-hetero) is 1. The van der Waals surface area contributed by atoms with Crippen molar-refractivity contribution in [1.82, 2.24) is 0 Å². The fourth-order valence-electron chi connectivity index (χ4n) is 4.39. The molecule has 2 aromatic carbocycles. The standard InChI is InChI=1S/C25H24N2O2S/c1-2-29-18-11-9-16(10-12-18)25-24-21(26-19-6-3-4-7-20(19)27-25)14-17(15-22(24)28)23-8-5-13-30-23/h3-13,17,25-27H,2,14-15H2,1H3. The van der Waals surface area contributed by atoms with Gasteiger partial charge in [0.05, 0.1) is 24.0 Å². The molecule has 0 bridgehead atoms. The summed E-state index contributed by atoms with van der Waals surface area (Å²) in [5, 5.41) is 9.31. The number of nitrogens with one attached hydrogen (secondary N) is 2. The molecule has 3 aromatic rings. The number of carbonyl (C=O) groups is 1. The van der Waals surface area contributed by atoms with Gasteiger partial charge in [-0.1, -0.05) is 30.3 Å². The fraction of sp³-hybridized carbons (Fsp3) is 0.240. The predicted molar refractivity (Wildman–Crippen MR) is 122 cm³/mol. The van der Waals surface area contributed by atoms with Crippen molar-refractivity contribution in [3.63, 3.8) is 0 Å². The van der Waals surface area contributed by atoms with Crippen molar-refractivity contribution < 1.29 is 9.53 Å². The lowest BCUT2D eigenvalue weighted by atomic mass is 9.81. The van der Waals surface area contributed by atoms with Crippen LogP contribution in [0.1, 0.15) is 42.2 Å². The molecule has 5 heteroatoms. The number of carbonyl (C=O) groups excluding carboxylic acids is 1. The van der Waals surface area contributed by atoms with Gasteiger partial charge in [-0.25, -0.2) is 0 Å². The van der Waals surface area contributed by atoms with E-state index in [0.29, 0.717) is 13.0 Å². The third-order valence-corrected chi connectivity index (χ3v) is 6.81. The van der Waals surface area contributed by atoms with Crippen molar-refractivity contribution in [3.05, 3.63) is 87.8 Å². The number of anilines is 2. The van der Waals surface area contributed by atoms with Gasteiger partial charge >= 0.3 is 0 Å². The number of ketones is 1. The first-order valence-electron chi connectivity index (χ1n) is 10.4. The third-order valence-electron chi connectivity index (χ3n) is 5.78. The Balaban J connectivity index is 1.58. The van der Waals surface area contributed by atoms with Gasteiger partial charge in [-0.3, -0.25) is 4.79 Å². The summed E-state index contributed by atoms with van der Waals surface area (Å²) in [4.78, 5) is 14.7. The Morgan fingerprint density at radius 2 is 1.80 bits per heavy atom. The first kappa shape index (κ1) is 18.9. The van der Waals surface area contributed by atoms with Crippen molar-refractivity contribution in [3.8, 4) is 5.75 Å². The molecule has 2 unspecified atom stereocenters. The molecule has 2 heterocycles. The van der Waals surface area contributed by atoms with Crippen LogP contribution >= 0.6 is 11.3 Å². The zero-order valence-electron chi connectivity index (χ0n) is 16.9. The summed E-state index contributed by atoms with van der Waals surface area (Å²) in [5.41, 5.74) is 4.96. The summed E-state index contributed by atoms with van der Waals surface area (Å²) in [5.74, 6) is 1.28. The van der Waals surface area contributed by atoms with Gasteiger partial charge in [0.1, 0.15) is 5.75 Å². The van der Waals surface area contributed by atoms with E-state index in [1.165, 1.54) is 4.88 Å². The van der Waals surface area contributed by atoms with Gasteiger partial charge < -0.3 is 15.4 Å². The molecule has 0 radical (unpaired) electrons. The van der Waals surface area contributed by atoms with E-state index in [9.17, 15) is 4.79 Å². The van der Waals surface area contributed by atoms with E-state index in [1.54, 1.807) is 11.3 Å². The SMILES string of the molecule is CCOc1ccc(C2Nc3ccccc3NC3=C2C(=O)CC(c2cccs2)C3)cc1. The third kappa shape index (κ3) is 3.50. The van der Waals surface area contributed by atoms with Crippen LogP contribution in [0.2, 0.25) is 0 Å². The lowest BCUT2D eigenvalue weighted by Crippen LogP contribution is -2.26. The molecular formula is C25H24N2O2S. The second kappa shape index (κ2) is 8.00.